The second-order valence-electron chi connectivity index (χ2n) is 7.05. The molecule has 0 saturated heterocycles. The van der Waals surface area contributed by atoms with E-state index in [1.807, 2.05) is 37.3 Å². The third-order valence-corrected chi connectivity index (χ3v) is 5.01. The van der Waals surface area contributed by atoms with Gasteiger partial charge in [-0.25, -0.2) is 4.98 Å². The average Bonchev–Trinajstić information content (AvgIpc) is 3.35. The Morgan fingerprint density at radius 2 is 1.73 bits per heavy atom. The second-order valence-corrected chi connectivity index (χ2v) is 7.05. The summed E-state index contributed by atoms with van der Waals surface area (Å²) in [6.45, 7) is 2.54. The summed E-state index contributed by atoms with van der Waals surface area (Å²) in [5.74, 6) is 2.54. The van der Waals surface area contributed by atoms with Crippen molar-refractivity contribution in [3.05, 3.63) is 78.5 Å². The van der Waals surface area contributed by atoms with Crippen LogP contribution in [0.15, 0.2) is 77.3 Å². The van der Waals surface area contributed by atoms with Gasteiger partial charge in [0.15, 0.2) is 5.76 Å². The fraction of sp³-hybridized carbons (Fsp3) is 0.154. The van der Waals surface area contributed by atoms with Crippen molar-refractivity contribution in [1.29, 1.82) is 0 Å². The van der Waals surface area contributed by atoms with Gasteiger partial charge >= 0.3 is 0 Å². The van der Waals surface area contributed by atoms with Gasteiger partial charge in [-0.05, 0) is 55.5 Å². The van der Waals surface area contributed by atoms with Crippen LogP contribution in [0.5, 0.6) is 17.2 Å². The minimum absolute atomic E-state index is 0.321. The van der Waals surface area contributed by atoms with Crippen molar-refractivity contribution in [2.75, 3.05) is 26.1 Å². The topological polar surface area (TPSA) is 82.8 Å². The second kappa shape index (κ2) is 9.91. The maximum Gasteiger partial charge on any atom is 0.256 e. The van der Waals surface area contributed by atoms with Crippen LogP contribution >= 0.6 is 0 Å². The fourth-order valence-electron chi connectivity index (χ4n) is 3.38. The van der Waals surface area contributed by atoms with E-state index in [2.05, 4.69) is 10.3 Å². The number of nitrogens with one attached hydrogen (secondary N) is 1. The van der Waals surface area contributed by atoms with Crippen molar-refractivity contribution in [1.82, 2.24) is 4.98 Å². The Labute approximate surface area is 191 Å². The van der Waals surface area contributed by atoms with Gasteiger partial charge in [-0.3, -0.25) is 4.79 Å². The third-order valence-electron chi connectivity index (χ3n) is 5.01. The summed E-state index contributed by atoms with van der Waals surface area (Å²) in [5.41, 5.74) is 2.36. The first kappa shape index (κ1) is 22.0. The monoisotopic (exact) mass is 444 g/mol. The van der Waals surface area contributed by atoms with Crippen LogP contribution in [0.4, 0.5) is 5.69 Å². The summed E-state index contributed by atoms with van der Waals surface area (Å²) in [5, 5.41) is 2.89. The molecule has 0 saturated carbocycles. The summed E-state index contributed by atoms with van der Waals surface area (Å²) in [6, 6.07) is 19.9. The molecule has 0 radical (unpaired) electrons. The normalized spacial score (nSPS) is 10.5. The number of hydrogen-bond donors (Lipinski definition) is 1. The molecule has 4 aromatic rings. The smallest absolute Gasteiger partial charge is 0.256 e. The summed E-state index contributed by atoms with van der Waals surface area (Å²) >= 11 is 0. The average molecular weight is 444 g/mol. The van der Waals surface area contributed by atoms with Gasteiger partial charge in [-0.15, -0.1) is 0 Å². The molecule has 0 aliphatic rings. The van der Waals surface area contributed by atoms with Gasteiger partial charge in [-0.1, -0.05) is 12.1 Å². The summed E-state index contributed by atoms with van der Waals surface area (Å²) in [6.07, 6.45) is 1.64. The zero-order valence-corrected chi connectivity index (χ0v) is 18.6. The van der Waals surface area contributed by atoms with E-state index in [4.69, 9.17) is 18.6 Å². The first-order chi connectivity index (χ1) is 16.1. The van der Waals surface area contributed by atoms with Crippen LogP contribution in [0.1, 0.15) is 17.3 Å². The standard InChI is InChI=1S/C26H24N2O5/c1-4-32-18-11-9-17(10-12-18)24-16-27-26(33-24)21-8-6-5-7-20(21)25(29)28-22-15-19(30-2)13-14-23(22)31-3/h5-16H,4H2,1-3H3,(H,28,29). The third kappa shape index (κ3) is 4.82. The maximum atomic E-state index is 13.2. The molecule has 0 spiro atoms. The van der Waals surface area contributed by atoms with Crippen LogP contribution in [0, 0.1) is 0 Å². The van der Waals surface area contributed by atoms with Gasteiger partial charge in [0.1, 0.15) is 17.2 Å². The highest BCUT2D eigenvalue weighted by Crippen LogP contribution is 2.32. The molecule has 1 N–H and O–H groups in total. The molecular weight excluding hydrogens is 420 g/mol. The number of rotatable bonds is 8. The zero-order chi connectivity index (χ0) is 23.2. The highest BCUT2D eigenvalue weighted by atomic mass is 16.5. The van der Waals surface area contributed by atoms with Gasteiger partial charge in [0, 0.05) is 17.2 Å². The van der Waals surface area contributed by atoms with E-state index in [1.165, 1.54) is 0 Å². The molecule has 4 rings (SSSR count). The molecule has 7 nitrogen and oxygen atoms in total. The molecule has 0 bridgehead atoms. The van der Waals surface area contributed by atoms with Gasteiger partial charge in [0.25, 0.3) is 5.91 Å². The number of anilines is 1. The number of amides is 1. The lowest BCUT2D eigenvalue weighted by molar-refractivity contribution is 0.102. The first-order valence-electron chi connectivity index (χ1n) is 10.4. The molecule has 0 unspecified atom stereocenters. The molecule has 168 valence electrons. The fourth-order valence-corrected chi connectivity index (χ4v) is 3.38. The Morgan fingerprint density at radius 3 is 2.45 bits per heavy atom. The lowest BCUT2D eigenvalue weighted by Crippen LogP contribution is -2.14. The lowest BCUT2D eigenvalue weighted by atomic mass is 10.1. The molecular formula is C26H24N2O5. The van der Waals surface area contributed by atoms with E-state index in [0.717, 1.165) is 11.3 Å². The van der Waals surface area contributed by atoms with Crippen molar-refractivity contribution in [2.24, 2.45) is 0 Å². The highest BCUT2D eigenvalue weighted by Gasteiger charge is 2.18. The Bertz CT molecular complexity index is 1250. The summed E-state index contributed by atoms with van der Waals surface area (Å²) < 4.78 is 22.1. The van der Waals surface area contributed by atoms with Crippen LogP contribution < -0.4 is 19.5 Å². The Kier molecular flexibility index (Phi) is 6.59. The molecule has 1 heterocycles. The van der Waals surface area contributed by atoms with Crippen LogP contribution in [0.25, 0.3) is 22.8 Å². The molecule has 33 heavy (non-hydrogen) atoms. The first-order valence-corrected chi connectivity index (χ1v) is 10.4. The number of aromatic nitrogens is 1. The molecule has 0 atom stereocenters. The number of benzene rings is 3. The van der Waals surface area contributed by atoms with E-state index < -0.39 is 0 Å². The van der Waals surface area contributed by atoms with Crippen molar-refractivity contribution < 1.29 is 23.4 Å². The highest BCUT2D eigenvalue weighted by molar-refractivity contribution is 6.08. The van der Waals surface area contributed by atoms with Crippen LogP contribution in [-0.4, -0.2) is 31.7 Å². The molecule has 0 aliphatic heterocycles. The van der Waals surface area contributed by atoms with Gasteiger partial charge in [0.05, 0.1) is 38.3 Å². The largest absolute Gasteiger partial charge is 0.497 e. The van der Waals surface area contributed by atoms with Crippen LogP contribution in [0.2, 0.25) is 0 Å². The van der Waals surface area contributed by atoms with E-state index in [0.29, 0.717) is 46.6 Å². The molecule has 0 aliphatic carbocycles. The number of methoxy groups -OCH3 is 2. The molecule has 0 fully saturated rings. The molecule has 3 aromatic carbocycles. The van der Waals surface area contributed by atoms with Crippen molar-refractivity contribution in [3.63, 3.8) is 0 Å². The van der Waals surface area contributed by atoms with Crippen molar-refractivity contribution >= 4 is 11.6 Å². The summed E-state index contributed by atoms with van der Waals surface area (Å²) in [4.78, 5) is 17.6. The Hall–Kier alpha value is -4.26. The molecule has 1 amide bonds. The Morgan fingerprint density at radius 1 is 0.970 bits per heavy atom. The van der Waals surface area contributed by atoms with Gasteiger partial charge in [0.2, 0.25) is 5.89 Å². The molecule has 1 aromatic heterocycles. The predicted molar refractivity (Wildman–Crippen MR) is 126 cm³/mol. The van der Waals surface area contributed by atoms with Crippen molar-refractivity contribution in [3.8, 4) is 40.0 Å². The minimum atomic E-state index is -0.321. The van der Waals surface area contributed by atoms with Gasteiger partial charge < -0.3 is 23.9 Å². The number of oxazole rings is 1. The lowest BCUT2D eigenvalue weighted by Gasteiger charge is -2.13. The van der Waals surface area contributed by atoms with E-state index in [-0.39, 0.29) is 5.91 Å². The van der Waals surface area contributed by atoms with E-state index >= 15 is 0 Å². The number of carbonyl (C=O) groups excluding carboxylic acids is 1. The number of ether oxygens (including phenoxy) is 3. The quantitative estimate of drug-likeness (QED) is 0.377. The van der Waals surface area contributed by atoms with Crippen molar-refractivity contribution in [2.45, 2.75) is 6.92 Å². The van der Waals surface area contributed by atoms with E-state index in [9.17, 15) is 4.79 Å². The number of nitrogens with zero attached hydrogens (tertiary/aromatic N) is 1. The minimum Gasteiger partial charge on any atom is -0.497 e. The van der Waals surface area contributed by atoms with Gasteiger partial charge in [-0.2, -0.15) is 0 Å². The zero-order valence-electron chi connectivity index (χ0n) is 18.6. The SMILES string of the molecule is CCOc1ccc(-c2cnc(-c3ccccc3C(=O)Nc3cc(OC)ccc3OC)o2)cc1. The number of carbonyl (C=O) groups is 1. The maximum absolute atomic E-state index is 13.2. The summed E-state index contributed by atoms with van der Waals surface area (Å²) in [7, 11) is 3.11. The number of hydrogen-bond acceptors (Lipinski definition) is 6. The van der Waals surface area contributed by atoms with Crippen LogP contribution in [0.3, 0.4) is 0 Å². The predicted octanol–water partition coefficient (Wildman–Crippen LogP) is 5.68. The van der Waals surface area contributed by atoms with Crippen LogP contribution in [-0.2, 0) is 0 Å². The molecule has 7 heteroatoms. The Balaban J connectivity index is 1.61. The van der Waals surface area contributed by atoms with E-state index in [1.54, 1.807) is 56.8 Å².